The van der Waals surface area contributed by atoms with Crippen molar-refractivity contribution in [2.24, 2.45) is 0 Å². The van der Waals surface area contributed by atoms with Crippen LogP contribution in [0.3, 0.4) is 0 Å². The molecule has 2 heteroatoms. The molecule has 2 aromatic rings. The first-order valence-electron chi connectivity index (χ1n) is 8.03. The Balaban J connectivity index is 2.13. The second kappa shape index (κ2) is 8.11. The Bertz CT molecular complexity index is 563. The highest BCUT2D eigenvalue weighted by molar-refractivity contribution is 5.22. The summed E-state index contributed by atoms with van der Waals surface area (Å²) in [5, 5.41) is 0. The summed E-state index contributed by atoms with van der Waals surface area (Å²) in [6, 6.07) is 20.1. The summed E-state index contributed by atoms with van der Waals surface area (Å²) in [5.74, 6) is 0. The van der Waals surface area contributed by atoms with Gasteiger partial charge in [-0.3, -0.25) is 4.90 Å². The fourth-order valence-electron chi connectivity index (χ4n) is 2.87. The Morgan fingerprint density at radius 2 is 1.50 bits per heavy atom. The van der Waals surface area contributed by atoms with Crippen LogP contribution in [0.1, 0.15) is 23.6 Å². The average Bonchev–Trinajstić information content (AvgIpc) is 2.47. The smallest absolute Gasteiger partial charge is 0.0240 e. The monoisotopic (exact) mass is 296 g/mol. The van der Waals surface area contributed by atoms with Crippen LogP contribution in [0.4, 0.5) is 0 Å². The minimum atomic E-state index is 0.510. The molecule has 0 N–H and O–H groups in total. The number of likely N-dealkylation sites (N-methyl/N-ethyl adjacent to an activating group) is 1. The summed E-state index contributed by atoms with van der Waals surface area (Å²) < 4.78 is 0. The zero-order valence-corrected chi connectivity index (χ0v) is 14.3. The van der Waals surface area contributed by atoms with E-state index >= 15 is 0 Å². The van der Waals surface area contributed by atoms with Crippen molar-refractivity contribution >= 4 is 0 Å². The normalized spacial score (nSPS) is 12.8. The van der Waals surface area contributed by atoms with E-state index < -0.39 is 0 Å². The van der Waals surface area contributed by atoms with E-state index in [0.29, 0.717) is 6.04 Å². The number of hydrogen-bond acceptors (Lipinski definition) is 2. The Hall–Kier alpha value is -1.64. The van der Waals surface area contributed by atoms with Gasteiger partial charge in [-0.15, -0.1) is 0 Å². The van der Waals surface area contributed by atoms with Crippen LogP contribution < -0.4 is 0 Å². The minimum Gasteiger partial charge on any atom is -0.308 e. The third kappa shape index (κ3) is 5.28. The van der Waals surface area contributed by atoms with Crippen molar-refractivity contribution in [3.05, 3.63) is 71.3 Å². The van der Waals surface area contributed by atoms with Gasteiger partial charge >= 0.3 is 0 Å². The molecule has 0 aliphatic rings. The maximum absolute atomic E-state index is 2.56. The molecule has 0 heterocycles. The van der Waals surface area contributed by atoms with Gasteiger partial charge in [-0.1, -0.05) is 60.2 Å². The number of nitrogens with zero attached hydrogens (tertiary/aromatic N) is 2. The van der Waals surface area contributed by atoms with E-state index in [1.807, 2.05) is 0 Å². The molecule has 0 amide bonds. The lowest BCUT2D eigenvalue weighted by Crippen LogP contribution is -2.39. The van der Waals surface area contributed by atoms with E-state index in [-0.39, 0.29) is 0 Å². The van der Waals surface area contributed by atoms with Crippen LogP contribution >= 0.6 is 0 Å². The number of rotatable bonds is 7. The zero-order chi connectivity index (χ0) is 15.9. The van der Waals surface area contributed by atoms with Gasteiger partial charge in [0.25, 0.3) is 0 Å². The maximum atomic E-state index is 2.56. The standard InChI is InChI=1S/C20H28N2/c1-17-9-8-12-20(13-17)16-22(18(2)14-21(3)4)15-19-10-6-5-7-11-19/h5-13,18H,14-16H2,1-4H3. The van der Waals surface area contributed by atoms with Gasteiger partial charge in [-0.25, -0.2) is 0 Å². The first-order chi connectivity index (χ1) is 10.5. The summed E-state index contributed by atoms with van der Waals surface area (Å²) in [7, 11) is 4.29. The van der Waals surface area contributed by atoms with Crippen molar-refractivity contribution in [1.29, 1.82) is 0 Å². The molecule has 1 unspecified atom stereocenters. The van der Waals surface area contributed by atoms with Crippen LogP contribution in [0.5, 0.6) is 0 Å². The molecule has 2 rings (SSSR count). The van der Waals surface area contributed by atoms with Gasteiger partial charge in [0.2, 0.25) is 0 Å². The molecule has 0 fully saturated rings. The Kier molecular flexibility index (Phi) is 6.17. The summed E-state index contributed by atoms with van der Waals surface area (Å²) >= 11 is 0. The SMILES string of the molecule is Cc1cccc(CN(Cc2ccccc2)C(C)CN(C)C)c1. The predicted octanol–water partition coefficient (Wildman–Crippen LogP) is 3.95. The predicted molar refractivity (Wildman–Crippen MR) is 94.9 cm³/mol. The second-order valence-electron chi connectivity index (χ2n) is 6.49. The van der Waals surface area contributed by atoms with Crippen molar-refractivity contribution in [1.82, 2.24) is 9.80 Å². The molecule has 0 saturated carbocycles. The topological polar surface area (TPSA) is 6.48 Å². The van der Waals surface area contributed by atoms with Crippen LogP contribution in [-0.4, -0.2) is 36.5 Å². The van der Waals surface area contributed by atoms with Crippen molar-refractivity contribution in [3.63, 3.8) is 0 Å². The summed E-state index contributed by atoms with van der Waals surface area (Å²) in [6.45, 7) is 7.53. The molecule has 118 valence electrons. The number of aryl methyl sites for hydroxylation is 1. The molecule has 2 aromatic carbocycles. The average molecular weight is 296 g/mol. The van der Waals surface area contributed by atoms with Crippen molar-refractivity contribution in [2.75, 3.05) is 20.6 Å². The molecule has 0 radical (unpaired) electrons. The van der Waals surface area contributed by atoms with E-state index in [9.17, 15) is 0 Å². The van der Waals surface area contributed by atoms with E-state index in [1.54, 1.807) is 0 Å². The van der Waals surface area contributed by atoms with Gasteiger partial charge in [-0.05, 0) is 39.1 Å². The molecule has 0 bridgehead atoms. The Labute approximate surface area is 135 Å². The molecule has 22 heavy (non-hydrogen) atoms. The second-order valence-corrected chi connectivity index (χ2v) is 6.49. The van der Waals surface area contributed by atoms with Gasteiger partial charge in [0.15, 0.2) is 0 Å². The molecular weight excluding hydrogens is 268 g/mol. The van der Waals surface area contributed by atoms with E-state index in [2.05, 4.69) is 92.3 Å². The van der Waals surface area contributed by atoms with Gasteiger partial charge in [-0.2, -0.15) is 0 Å². The van der Waals surface area contributed by atoms with Gasteiger partial charge in [0, 0.05) is 25.7 Å². The Morgan fingerprint density at radius 1 is 0.864 bits per heavy atom. The van der Waals surface area contributed by atoms with Crippen LogP contribution in [0.2, 0.25) is 0 Å². The van der Waals surface area contributed by atoms with Crippen LogP contribution in [0.25, 0.3) is 0 Å². The molecule has 0 aliphatic carbocycles. The van der Waals surface area contributed by atoms with Gasteiger partial charge in [0.05, 0.1) is 0 Å². The molecule has 0 spiro atoms. The van der Waals surface area contributed by atoms with Crippen LogP contribution in [0.15, 0.2) is 54.6 Å². The fourth-order valence-corrected chi connectivity index (χ4v) is 2.87. The highest BCUT2D eigenvalue weighted by atomic mass is 15.2. The van der Waals surface area contributed by atoms with Crippen LogP contribution in [0, 0.1) is 6.92 Å². The van der Waals surface area contributed by atoms with Gasteiger partial charge < -0.3 is 4.90 Å². The first-order valence-corrected chi connectivity index (χ1v) is 8.03. The molecule has 0 aliphatic heterocycles. The third-order valence-electron chi connectivity index (χ3n) is 3.95. The highest BCUT2D eigenvalue weighted by Gasteiger charge is 2.15. The number of hydrogen-bond donors (Lipinski definition) is 0. The molecular formula is C20H28N2. The van der Waals surface area contributed by atoms with Crippen LogP contribution in [-0.2, 0) is 13.1 Å². The van der Waals surface area contributed by atoms with Crippen molar-refractivity contribution in [3.8, 4) is 0 Å². The Morgan fingerprint density at radius 3 is 2.14 bits per heavy atom. The summed E-state index contributed by atoms with van der Waals surface area (Å²) in [5.41, 5.74) is 4.10. The first kappa shape index (κ1) is 16.7. The third-order valence-corrected chi connectivity index (χ3v) is 3.95. The lowest BCUT2D eigenvalue weighted by Gasteiger charge is -2.31. The van der Waals surface area contributed by atoms with E-state index in [1.165, 1.54) is 16.7 Å². The van der Waals surface area contributed by atoms with E-state index in [0.717, 1.165) is 19.6 Å². The minimum absolute atomic E-state index is 0.510. The molecule has 2 nitrogen and oxygen atoms in total. The number of benzene rings is 2. The molecule has 1 atom stereocenters. The highest BCUT2D eigenvalue weighted by Crippen LogP contribution is 2.15. The summed E-state index contributed by atoms with van der Waals surface area (Å²) in [6.07, 6.45) is 0. The fraction of sp³-hybridized carbons (Fsp3) is 0.400. The molecule has 0 aromatic heterocycles. The van der Waals surface area contributed by atoms with Crippen molar-refractivity contribution in [2.45, 2.75) is 33.0 Å². The molecule has 0 saturated heterocycles. The quantitative estimate of drug-likeness (QED) is 0.763. The maximum Gasteiger partial charge on any atom is 0.0240 e. The lowest BCUT2D eigenvalue weighted by molar-refractivity contribution is 0.158. The summed E-state index contributed by atoms with van der Waals surface area (Å²) in [4.78, 5) is 4.82. The van der Waals surface area contributed by atoms with Gasteiger partial charge in [0.1, 0.15) is 0 Å². The zero-order valence-electron chi connectivity index (χ0n) is 14.3. The van der Waals surface area contributed by atoms with E-state index in [4.69, 9.17) is 0 Å². The largest absolute Gasteiger partial charge is 0.308 e. The van der Waals surface area contributed by atoms with Crippen molar-refractivity contribution < 1.29 is 0 Å². The lowest BCUT2D eigenvalue weighted by atomic mass is 10.1.